The summed E-state index contributed by atoms with van der Waals surface area (Å²) >= 11 is 0. The number of allylic oxidation sites excluding steroid dienone is 1. The minimum Gasteiger partial charge on any atom is -0.504 e. The van der Waals surface area contributed by atoms with Gasteiger partial charge in [0.25, 0.3) is 0 Å². The molecule has 1 aliphatic rings. The molecule has 5 aromatic rings. The molecule has 0 fully saturated rings. The van der Waals surface area contributed by atoms with E-state index in [1.807, 2.05) is 26.8 Å². The average Bonchev–Trinajstić information content (AvgIpc) is 3.13. The van der Waals surface area contributed by atoms with Gasteiger partial charge in [0.05, 0.1) is 48.4 Å². The summed E-state index contributed by atoms with van der Waals surface area (Å²) in [7, 11) is 1.37. The van der Waals surface area contributed by atoms with Gasteiger partial charge in [0.2, 0.25) is 0 Å². The molecule has 0 saturated carbocycles. The number of anilines is 2. The zero-order valence-corrected chi connectivity index (χ0v) is 25.1. The molecule has 1 atom stereocenters. The SMILES string of the molecule is CCNNc1c(NNCC)c2c(=O)cc(CO)c3c4c(CO)cc(=O)c5c(O)c(OC)c6c(c(c1C=C(C)C6C(C)=O)c23)c54. The highest BCUT2D eigenvalue weighted by molar-refractivity contribution is 6.40. The van der Waals surface area contributed by atoms with Crippen LogP contribution in [0.4, 0.5) is 11.4 Å². The molecule has 1 unspecified atom stereocenters. The smallest absolute Gasteiger partial charge is 0.190 e. The lowest BCUT2D eigenvalue weighted by molar-refractivity contribution is -0.117. The van der Waals surface area contributed by atoms with Gasteiger partial charge >= 0.3 is 0 Å². The maximum Gasteiger partial charge on any atom is 0.190 e. The number of methoxy groups -OCH3 is 1. The summed E-state index contributed by atoms with van der Waals surface area (Å²) in [6.07, 6.45) is 1.87. The summed E-state index contributed by atoms with van der Waals surface area (Å²) < 4.78 is 5.76. The van der Waals surface area contributed by atoms with Crippen molar-refractivity contribution in [1.82, 2.24) is 10.9 Å². The Morgan fingerprint density at radius 2 is 1.36 bits per heavy atom. The van der Waals surface area contributed by atoms with Gasteiger partial charge in [-0.25, -0.2) is 10.9 Å². The van der Waals surface area contributed by atoms with E-state index >= 15 is 0 Å². The van der Waals surface area contributed by atoms with Gasteiger partial charge < -0.3 is 30.9 Å². The van der Waals surface area contributed by atoms with E-state index in [4.69, 9.17) is 4.74 Å². The van der Waals surface area contributed by atoms with Crippen molar-refractivity contribution in [1.29, 1.82) is 0 Å². The minimum atomic E-state index is -0.870. The molecular formula is C33H34N4O7. The number of aromatic hydroxyl groups is 1. The number of carbonyl (C=O) groups excluding carboxylic acids is 1. The number of hydrazine groups is 2. The predicted molar refractivity (Wildman–Crippen MR) is 173 cm³/mol. The van der Waals surface area contributed by atoms with E-state index in [0.29, 0.717) is 84.4 Å². The number of fused-ring (bicyclic) bond motifs is 1. The van der Waals surface area contributed by atoms with Crippen LogP contribution in [0.3, 0.4) is 0 Å². The third-order valence-corrected chi connectivity index (χ3v) is 8.60. The first-order chi connectivity index (χ1) is 21.2. The van der Waals surface area contributed by atoms with E-state index in [1.165, 1.54) is 26.2 Å². The number of phenolic OH excluding ortho intramolecular Hbond substituents is 1. The number of hydrogen-bond acceptors (Lipinski definition) is 11. The number of aliphatic hydroxyl groups is 2. The number of hydrogen-bond donors (Lipinski definition) is 7. The van der Waals surface area contributed by atoms with Crippen LogP contribution < -0.4 is 37.3 Å². The quantitative estimate of drug-likeness (QED) is 0.0713. The van der Waals surface area contributed by atoms with Crippen molar-refractivity contribution in [2.45, 2.75) is 46.8 Å². The average molecular weight is 599 g/mol. The number of Topliss-reactive ketones (excluding diaryl/α,β-unsaturated/α-hetero) is 1. The number of rotatable bonds is 10. The Labute approximate surface area is 251 Å². The van der Waals surface area contributed by atoms with Crippen LogP contribution in [0.1, 0.15) is 55.9 Å². The van der Waals surface area contributed by atoms with Gasteiger partial charge in [-0.1, -0.05) is 25.5 Å². The molecule has 0 heterocycles. The van der Waals surface area contributed by atoms with Crippen LogP contribution >= 0.6 is 0 Å². The van der Waals surface area contributed by atoms with E-state index < -0.39 is 30.3 Å². The largest absolute Gasteiger partial charge is 0.504 e. The van der Waals surface area contributed by atoms with E-state index in [-0.39, 0.29) is 27.9 Å². The van der Waals surface area contributed by atoms with Crippen LogP contribution in [0, 0.1) is 0 Å². The van der Waals surface area contributed by atoms with Crippen molar-refractivity contribution in [3.8, 4) is 11.5 Å². The number of aliphatic hydroxyl groups excluding tert-OH is 2. The number of carbonyl (C=O) groups is 1. The highest BCUT2D eigenvalue weighted by Crippen LogP contribution is 2.56. The first kappa shape index (κ1) is 29.5. The second-order valence-corrected chi connectivity index (χ2v) is 11.1. The molecule has 44 heavy (non-hydrogen) atoms. The summed E-state index contributed by atoms with van der Waals surface area (Å²) in [5.74, 6) is -1.52. The van der Waals surface area contributed by atoms with Gasteiger partial charge in [0.15, 0.2) is 22.4 Å². The molecule has 0 saturated heterocycles. The first-order valence-corrected chi connectivity index (χ1v) is 14.5. The van der Waals surface area contributed by atoms with Gasteiger partial charge in [0.1, 0.15) is 5.78 Å². The van der Waals surface area contributed by atoms with Crippen molar-refractivity contribution in [3.05, 3.63) is 60.4 Å². The van der Waals surface area contributed by atoms with Gasteiger partial charge in [-0.2, -0.15) is 0 Å². The zero-order valence-electron chi connectivity index (χ0n) is 25.1. The van der Waals surface area contributed by atoms with Gasteiger partial charge in [0, 0.05) is 40.4 Å². The van der Waals surface area contributed by atoms with Crippen LogP contribution in [0.2, 0.25) is 0 Å². The van der Waals surface area contributed by atoms with Gasteiger partial charge in [-0.15, -0.1) is 0 Å². The monoisotopic (exact) mass is 598 g/mol. The summed E-state index contributed by atoms with van der Waals surface area (Å²) in [5.41, 5.74) is 15.0. The number of ether oxygens (including phenoxy) is 1. The molecule has 0 spiro atoms. The molecule has 7 N–H and O–H groups in total. The minimum absolute atomic E-state index is 0.0126. The molecule has 0 radical (unpaired) electrons. The van der Waals surface area contributed by atoms with E-state index in [2.05, 4.69) is 21.7 Å². The van der Waals surface area contributed by atoms with Crippen LogP contribution in [-0.4, -0.2) is 41.3 Å². The van der Waals surface area contributed by atoms with E-state index in [0.717, 1.165) is 0 Å². The van der Waals surface area contributed by atoms with Crippen LogP contribution in [0.5, 0.6) is 11.5 Å². The molecule has 228 valence electrons. The Hall–Kier alpha value is -4.55. The highest BCUT2D eigenvalue weighted by Gasteiger charge is 2.36. The topological polar surface area (TPSA) is 169 Å². The third-order valence-electron chi connectivity index (χ3n) is 8.60. The van der Waals surface area contributed by atoms with Crippen LogP contribution in [0.15, 0.2) is 27.3 Å². The lowest BCUT2D eigenvalue weighted by Crippen LogP contribution is -2.27. The normalized spacial score (nSPS) is 14.6. The Bertz CT molecular complexity index is 2160. The first-order valence-electron chi connectivity index (χ1n) is 14.5. The standard InChI is InChI=1S/C33H34N4O7/c1-6-34-36-30-17-8-13(3)20(14(4)40)29-28-23(17)26-21(15(11-38)9-18(41)24(26)31(30)37-35-7-2)22-16(12-39)10-19(42)25(27(22)28)32(43)33(29)44-5/h8-10,20,34-39,43H,6-7,11-12H2,1-5H3. The van der Waals surface area contributed by atoms with Crippen molar-refractivity contribution in [2.24, 2.45) is 0 Å². The molecule has 0 aromatic heterocycles. The predicted octanol–water partition coefficient (Wildman–Crippen LogP) is 3.56. The molecule has 5 aromatic carbocycles. The number of nitrogens with one attached hydrogen (secondary N) is 4. The zero-order chi connectivity index (χ0) is 31.6. The molecule has 0 aliphatic heterocycles. The molecule has 1 aliphatic carbocycles. The molecule has 0 amide bonds. The number of benzene rings is 5. The number of phenols is 1. The van der Waals surface area contributed by atoms with Crippen molar-refractivity contribution < 1.29 is 24.9 Å². The van der Waals surface area contributed by atoms with E-state index in [1.54, 1.807) is 0 Å². The van der Waals surface area contributed by atoms with Crippen LogP contribution in [-0.2, 0) is 18.0 Å². The maximum absolute atomic E-state index is 14.0. The second-order valence-electron chi connectivity index (χ2n) is 11.1. The Kier molecular flexibility index (Phi) is 7.29. The highest BCUT2D eigenvalue weighted by atomic mass is 16.5. The second kappa shape index (κ2) is 10.9. The fourth-order valence-electron chi connectivity index (χ4n) is 7.05. The fraction of sp³-hybridized carbons (Fsp3) is 0.303. The summed E-state index contributed by atoms with van der Waals surface area (Å²) in [5, 5.41) is 35.8. The summed E-state index contributed by atoms with van der Waals surface area (Å²) in [6, 6.07) is 2.62. The lowest BCUT2D eigenvalue weighted by Gasteiger charge is -2.26. The maximum atomic E-state index is 14.0. The molecule has 11 nitrogen and oxygen atoms in total. The van der Waals surface area contributed by atoms with Crippen molar-refractivity contribution in [2.75, 3.05) is 31.1 Å². The van der Waals surface area contributed by atoms with Crippen molar-refractivity contribution >= 4 is 66.3 Å². The summed E-state index contributed by atoms with van der Waals surface area (Å²) in [6.45, 7) is 7.14. The molecule has 6 rings (SSSR count). The van der Waals surface area contributed by atoms with E-state index in [9.17, 15) is 29.7 Å². The summed E-state index contributed by atoms with van der Waals surface area (Å²) in [4.78, 5) is 41.2. The van der Waals surface area contributed by atoms with Crippen molar-refractivity contribution in [3.63, 3.8) is 0 Å². The molecule has 0 bridgehead atoms. The Balaban J connectivity index is 2.13. The Morgan fingerprint density at radius 1 is 0.818 bits per heavy atom. The Morgan fingerprint density at radius 3 is 1.89 bits per heavy atom. The fourth-order valence-corrected chi connectivity index (χ4v) is 7.05. The van der Waals surface area contributed by atoms with Crippen LogP contribution in [0.25, 0.3) is 49.2 Å². The lowest BCUT2D eigenvalue weighted by atomic mass is 9.79. The van der Waals surface area contributed by atoms with Gasteiger partial charge in [-0.05, 0) is 53.3 Å². The van der Waals surface area contributed by atoms with Gasteiger partial charge in [-0.3, -0.25) is 14.4 Å². The molecular weight excluding hydrogens is 564 g/mol. The molecule has 11 heteroatoms. The third kappa shape index (κ3) is 3.87. The number of ketones is 1.